The second-order valence-corrected chi connectivity index (χ2v) is 3.78. The summed E-state index contributed by atoms with van der Waals surface area (Å²) in [7, 11) is 1.80. The van der Waals surface area contributed by atoms with Crippen molar-refractivity contribution in [2.75, 3.05) is 0 Å². The van der Waals surface area contributed by atoms with Crippen LogP contribution in [0, 0.1) is 0 Å². The maximum Gasteiger partial charge on any atom is 0.328 e. The van der Waals surface area contributed by atoms with Gasteiger partial charge in [-0.2, -0.15) is 5.10 Å². The van der Waals surface area contributed by atoms with Gasteiger partial charge in [-0.1, -0.05) is 11.6 Å². The first-order chi connectivity index (χ1) is 7.58. The normalized spacial score (nSPS) is 11.4. The minimum Gasteiger partial charge on any atom is -0.478 e. The molecule has 0 unspecified atom stereocenters. The van der Waals surface area contributed by atoms with Crippen molar-refractivity contribution in [2.45, 2.75) is 0 Å². The van der Waals surface area contributed by atoms with Crippen molar-refractivity contribution >= 4 is 34.5 Å². The highest BCUT2D eigenvalue weighted by molar-refractivity contribution is 6.33. The molecule has 0 saturated carbocycles. The van der Waals surface area contributed by atoms with Crippen molar-refractivity contribution in [2.24, 2.45) is 7.05 Å². The largest absolute Gasteiger partial charge is 0.478 e. The van der Waals surface area contributed by atoms with E-state index < -0.39 is 5.97 Å². The number of nitrogens with zero attached hydrogens (tertiary/aromatic N) is 2. The molecule has 82 valence electrons. The number of benzene rings is 1. The average molecular weight is 237 g/mol. The van der Waals surface area contributed by atoms with E-state index in [0.717, 1.165) is 17.0 Å². The van der Waals surface area contributed by atoms with Crippen LogP contribution in [-0.4, -0.2) is 20.9 Å². The zero-order chi connectivity index (χ0) is 11.7. The Balaban J connectivity index is 2.65. The number of hydrogen-bond donors (Lipinski definition) is 1. The van der Waals surface area contributed by atoms with Crippen molar-refractivity contribution in [1.82, 2.24) is 9.78 Å². The molecule has 0 saturated heterocycles. The number of aryl methyl sites for hydroxylation is 1. The van der Waals surface area contributed by atoms with Crippen LogP contribution in [0.4, 0.5) is 0 Å². The summed E-state index contributed by atoms with van der Waals surface area (Å²) in [5.74, 6) is -1.00. The van der Waals surface area contributed by atoms with Crippen molar-refractivity contribution < 1.29 is 9.90 Å². The van der Waals surface area contributed by atoms with E-state index in [1.165, 1.54) is 6.08 Å². The molecule has 1 aromatic heterocycles. The molecule has 0 aliphatic rings. The minimum atomic E-state index is -1.00. The number of hydrogen-bond acceptors (Lipinski definition) is 2. The van der Waals surface area contributed by atoms with Crippen LogP contribution >= 0.6 is 11.6 Å². The van der Waals surface area contributed by atoms with E-state index in [0.29, 0.717) is 10.6 Å². The van der Waals surface area contributed by atoms with E-state index in [1.807, 2.05) is 6.20 Å². The Morgan fingerprint density at radius 1 is 1.56 bits per heavy atom. The fraction of sp³-hybridized carbons (Fsp3) is 0.0909. The van der Waals surface area contributed by atoms with Gasteiger partial charge in [0.15, 0.2) is 0 Å². The summed E-state index contributed by atoms with van der Waals surface area (Å²) in [5, 5.41) is 14.2. The van der Waals surface area contributed by atoms with Crippen LogP contribution < -0.4 is 0 Å². The molecule has 0 fully saturated rings. The van der Waals surface area contributed by atoms with Gasteiger partial charge < -0.3 is 5.11 Å². The molecule has 0 aliphatic carbocycles. The number of fused-ring (bicyclic) bond motifs is 1. The van der Waals surface area contributed by atoms with Gasteiger partial charge in [0.25, 0.3) is 0 Å². The third-order valence-corrected chi connectivity index (χ3v) is 2.51. The van der Waals surface area contributed by atoms with Gasteiger partial charge in [0, 0.05) is 35.3 Å². The van der Waals surface area contributed by atoms with Crippen LogP contribution in [0.25, 0.3) is 17.0 Å². The molecule has 0 atom stereocenters. The lowest BCUT2D eigenvalue weighted by Gasteiger charge is -1.98. The van der Waals surface area contributed by atoms with E-state index in [-0.39, 0.29) is 0 Å². The highest BCUT2D eigenvalue weighted by Crippen LogP contribution is 2.26. The van der Waals surface area contributed by atoms with Gasteiger partial charge >= 0.3 is 5.97 Å². The molecule has 4 nitrogen and oxygen atoms in total. The molecule has 0 bridgehead atoms. The summed E-state index contributed by atoms with van der Waals surface area (Å²) in [5.41, 5.74) is 1.46. The van der Waals surface area contributed by atoms with Crippen LogP contribution in [0.15, 0.2) is 24.4 Å². The summed E-state index contributed by atoms with van der Waals surface area (Å²) in [4.78, 5) is 10.5. The van der Waals surface area contributed by atoms with Crippen LogP contribution in [-0.2, 0) is 11.8 Å². The summed E-state index contributed by atoms with van der Waals surface area (Å²) in [6.45, 7) is 0. The Morgan fingerprint density at radius 2 is 2.31 bits per heavy atom. The number of aliphatic carboxylic acids is 1. The maximum atomic E-state index is 10.5. The van der Waals surface area contributed by atoms with Crippen molar-refractivity contribution in [3.8, 4) is 0 Å². The molecule has 0 amide bonds. The van der Waals surface area contributed by atoms with E-state index in [2.05, 4.69) is 5.10 Å². The van der Waals surface area contributed by atoms with Crippen molar-refractivity contribution in [3.63, 3.8) is 0 Å². The average Bonchev–Trinajstić information content (AvgIpc) is 2.57. The third kappa shape index (κ3) is 1.92. The Morgan fingerprint density at radius 3 is 3.00 bits per heavy atom. The third-order valence-electron chi connectivity index (χ3n) is 2.18. The zero-order valence-electron chi connectivity index (χ0n) is 8.51. The van der Waals surface area contributed by atoms with Crippen molar-refractivity contribution in [3.05, 3.63) is 35.0 Å². The predicted octanol–water partition coefficient (Wildman–Crippen LogP) is 2.32. The fourth-order valence-electron chi connectivity index (χ4n) is 1.53. The van der Waals surface area contributed by atoms with Gasteiger partial charge in [-0.05, 0) is 18.2 Å². The molecule has 2 rings (SSSR count). The van der Waals surface area contributed by atoms with Gasteiger partial charge in [-0.25, -0.2) is 4.79 Å². The maximum absolute atomic E-state index is 10.5. The van der Waals surface area contributed by atoms with E-state index in [9.17, 15) is 4.79 Å². The van der Waals surface area contributed by atoms with E-state index in [4.69, 9.17) is 16.7 Å². The van der Waals surface area contributed by atoms with Crippen LogP contribution in [0.5, 0.6) is 0 Å². The van der Waals surface area contributed by atoms with Gasteiger partial charge in [0.2, 0.25) is 0 Å². The first kappa shape index (κ1) is 10.7. The highest BCUT2D eigenvalue weighted by atomic mass is 35.5. The summed E-state index contributed by atoms with van der Waals surface area (Å²) in [6, 6.07) is 3.51. The Kier molecular flexibility index (Phi) is 2.66. The molecule has 2 aromatic rings. The molecule has 1 aromatic carbocycles. The number of aromatic nitrogens is 2. The summed E-state index contributed by atoms with van der Waals surface area (Å²) < 4.78 is 1.67. The Hall–Kier alpha value is -1.81. The number of carboxylic acids is 1. The topological polar surface area (TPSA) is 55.1 Å². The van der Waals surface area contributed by atoms with Crippen molar-refractivity contribution in [1.29, 1.82) is 0 Å². The fourth-order valence-corrected chi connectivity index (χ4v) is 1.76. The van der Waals surface area contributed by atoms with Crippen LogP contribution in [0.2, 0.25) is 5.02 Å². The zero-order valence-corrected chi connectivity index (χ0v) is 9.27. The smallest absolute Gasteiger partial charge is 0.328 e. The lowest BCUT2D eigenvalue weighted by molar-refractivity contribution is -0.131. The number of halogens is 1. The number of rotatable bonds is 2. The monoisotopic (exact) mass is 236 g/mol. The van der Waals surface area contributed by atoms with Gasteiger partial charge in [-0.3, -0.25) is 4.68 Å². The number of carboxylic acid groups (broad SMARTS) is 1. The van der Waals surface area contributed by atoms with E-state index in [1.54, 1.807) is 23.9 Å². The van der Waals surface area contributed by atoms with Gasteiger partial charge in [0.1, 0.15) is 0 Å². The Bertz CT molecular complexity index is 587. The molecule has 0 radical (unpaired) electrons. The molecule has 1 N–H and O–H groups in total. The standard InChI is InChI=1S/C11H9ClN2O2/c1-14-6-8-7(2-5-11(15)16)9(12)3-4-10(8)13-14/h2-6H,1H3,(H,15,16). The predicted molar refractivity (Wildman–Crippen MR) is 62.4 cm³/mol. The molecule has 1 heterocycles. The van der Waals surface area contributed by atoms with Gasteiger partial charge in [-0.15, -0.1) is 0 Å². The molecular weight excluding hydrogens is 228 g/mol. The summed E-state index contributed by atoms with van der Waals surface area (Å²) >= 11 is 6.01. The lowest BCUT2D eigenvalue weighted by Crippen LogP contribution is -1.86. The van der Waals surface area contributed by atoms with Crippen LogP contribution in [0.3, 0.4) is 0 Å². The lowest BCUT2D eigenvalue weighted by atomic mass is 10.1. The molecule has 0 spiro atoms. The van der Waals surface area contributed by atoms with Crippen LogP contribution in [0.1, 0.15) is 5.56 Å². The number of carbonyl (C=O) groups is 1. The van der Waals surface area contributed by atoms with Gasteiger partial charge in [0.05, 0.1) is 5.52 Å². The SMILES string of the molecule is Cn1cc2c(C=CC(=O)O)c(Cl)ccc2n1. The first-order valence-electron chi connectivity index (χ1n) is 4.61. The molecule has 5 heteroatoms. The Labute approximate surface area is 96.7 Å². The summed E-state index contributed by atoms with van der Waals surface area (Å²) in [6.07, 6.45) is 4.35. The first-order valence-corrected chi connectivity index (χ1v) is 4.98. The second kappa shape index (κ2) is 3.98. The molecule has 0 aliphatic heterocycles. The minimum absolute atomic E-state index is 0.512. The highest BCUT2D eigenvalue weighted by Gasteiger charge is 2.06. The molecule has 16 heavy (non-hydrogen) atoms. The molecular formula is C11H9ClN2O2. The quantitative estimate of drug-likeness (QED) is 0.815. The van der Waals surface area contributed by atoms with E-state index >= 15 is 0 Å². The second-order valence-electron chi connectivity index (χ2n) is 3.37.